The highest BCUT2D eigenvalue weighted by Gasteiger charge is 2.22. The van der Waals surface area contributed by atoms with E-state index in [2.05, 4.69) is 52.1 Å². The molecular formula is C29H28N10O2. The van der Waals surface area contributed by atoms with Crippen LogP contribution in [-0.4, -0.2) is 68.9 Å². The van der Waals surface area contributed by atoms with Gasteiger partial charge in [0.25, 0.3) is 5.91 Å². The molecule has 0 aliphatic carbocycles. The van der Waals surface area contributed by atoms with E-state index in [9.17, 15) is 9.90 Å². The number of anilines is 3. The average Bonchev–Trinajstić information content (AvgIpc) is 3.01. The van der Waals surface area contributed by atoms with Gasteiger partial charge in [-0.3, -0.25) is 9.78 Å². The lowest BCUT2D eigenvalue weighted by molar-refractivity contribution is -0.115. The molecule has 1 aliphatic heterocycles. The number of piperazine rings is 1. The summed E-state index contributed by atoms with van der Waals surface area (Å²) in [5, 5.41) is 21.2. The predicted molar refractivity (Wildman–Crippen MR) is 156 cm³/mol. The maximum Gasteiger partial charge on any atom is 0.255 e. The molecule has 206 valence electrons. The minimum Gasteiger partial charge on any atom is -0.507 e. The summed E-state index contributed by atoms with van der Waals surface area (Å²) in [5.74, 6) is 6.99. The third-order valence-electron chi connectivity index (χ3n) is 6.46. The van der Waals surface area contributed by atoms with Gasteiger partial charge in [0.2, 0.25) is 5.82 Å². The van der Waals surface area contributed by atoms with Crippen LogP contribution in [0.4, 0.5) is 17.3 Å². The van der Waals surface area contributed by atoms with Crippen molar-refractivity contribution >= 4 is 28.8 Å². The topological polar surface area (TPSA) is 172 Å². The monoisotopic (exact) mass is 548 g/mol. The van der Waals surface area contributed by atoms with E-state index in [-0.39, 0.29) is 23.8 Å². The lowest BCUT2D eigenvalue weighted by Gasteiger charge is -2.36. The number of nitrogen functional groups attached to an aromatic ring is 1. The molecule has 0 radical (unpaired) electrons. The standard InChI is InChI=1S/C29H28N10O2/c30-19-21(22-7-3-4-11-32-22)29(41)34-12-5-9-26-33-13-10-27(35-26)39-16-14-38(15-17-39)24-18-23(36-37-28(24)31)20-6-1-2-8-25(20)40/h1-4,6-8,10-11,13,18-19,40H,12,14-17,30H2,(H2,31,37)(H,34,41)/b21-19+. The van der Waals surface area contributed by atoms with Crippen molar-refractivity contribution in [3.63, 3.8) is 0 Å². The van der Waals surface area contributed by atoms with E-state index in [4.69, 9.17) is 11.5 Å². The maximum absolute atomic E-state index is 12.5. The largest absolute Gasteiger partial charge is 0.507 e. The lowest BCUT2D eigenvalue weighted by Crippen LogP contribution is -2.47. The zero-order valence-electron chi connectivity index (χ0n) is 22.1. The molecule has 1 fully saturated rings. The normalized spacial score (nSPS) is 13.3. The van der Waals surface area contributed by atoms with Crippen LogP contribution < -0.4 is 26.6 Å². The van der Waals surface area contributed by atoms with E-state index in [1.165, 1.54) is 6.20 Å². The van der Waals surface area contributed by atoms with Crippen LogP contribution in [0.25, 0.3) is 16.8 Å². The van der Waals surface area contributed by atoms with Gasteiger partial charge < -0.3 is 31.7 Å². The highest BCUT2D eigenvalue weighted by molar-refractivity contribution is 6.18. The van der Waals surface area contributed by atoms with Gasteiger partial charge in [0, 0.05) is 50.3 Å². The van der Waals surface area contributed by atoms with Crippen LogP contribution in [0, 0.1) is 11.8 Å². The van der Waals surface area contributed by atoms with E-state index >= 15 is 0 Å². The number of benzene rings is 1. The van der Waals surface area contributed by atoms with Gasteiger partial charge in [-0.2, -0.15) is 0 Å². The van der Waals surface area contributed by atoms with Gasteiger partial charge in [-0.25, -0.2) is 9.97 Å². The van der Waals surface area contributed by atoms with Gasteiger partial charge in [-0.1, -0.05) is 24.1 Å². The number of aromatic nitrogens is 5. The molecule has 0 atom stereocenters. The van der Waals surface area contributed by atoms with Crippen molar-refractivity contribution < 1.29 is 9.90 Å². The summed E-state index contributed by atoms with van der Waals surface area (Å²) >= 11 is 0. The Kier molecular flexibility index (Phi) is 8.16. The minimum atomic E-state index is -0.370. The van der Waals surface area contributed by atoms with Crippen molar-refractivity contribution in [2.24, 2.45) is 5.73 Å². The number of pyridine rings is 1. The Hall–Kier alpha value is -5.70. The quantitative estimate of drug-likeness (QED) is 0.203. The summed E-state index contributed by atoms with van der Waals surface area (Å²) < 4.78 is 0. The fourth-order valence-electron chi connectivity index (χ4n) is 4.37. The van der Waals surface area contributed by atoms with Crippen LogP contribution in [0.2, 0.25) is 0 Å². The molecule has 5 rings (SSSR count). The smallest absolute Gasteiger partial charge is 0.255 e. The van der Waals surface area contributed by atoms with E-state index < -0.39 is 0 Å². The first-order chi connectivity index (χ1) is 20.0. The Morgan fingerprint density at radius 1 is 1.00 bits per heavy atom. The van der Waals surface area contributed by atoms with Crippen molar-refractivity contribution in [3.05, 3.63) is 84.7 Å². The second-order valence-corrected chi connectivity index (χ2v) is 9.01. The molecule has 1 saturated heterocycles. The summed E-state index contributed by atoms with van der Waals surface area (Å²) in [7, 11) is 0. The zero-order chi connectivity index (χ0) is 28.6. The van der Waals surface area contributed by atoms with Crippen molar-refractivity contribution in [2.75, 3.05) is 48.3 Å². The minimum absolute atomic E-state index is 0.0966. The van der Waals surface area contributed by atoms with Crippen LogP contribution in [0.15, 0.2) is 73.2 Å². The molecule has 1 aliphatic rings. The lowest BCUT2D eigenvalue weighted by atomic mass is 10.1. The molecule has 0 saturated carbocycles. The second-order valence-electron chi connectivity index (χ2n) is 9.01. The Balaban J connectivity index is 1.19. The second kappa shape index (κ2) is 12.4. The third-order valence-corrected chi connectivity index (χ3v) is 6.46. The Bertz CT molecular complexity index is 1620. The average molecular weight is 549 g/mol. The van der Waals surface area contributed by atoms with Gasteiger partial charge >= 0.3 is 0 Å². The van der Waals surface area contributed by atoms with Gasteiger partial charge in [0.05, 0.1) is 29.2 Å². The molecule has 1 amide bonds. The molecule has 1 aromatic carbocycles. The number of carbonyl (C=O) groups excluding carboxylic acids is 1. The number of nitrogens with one attached hydrogen (secondary N) is 1. The van der Waals surface area contributed by atoms with Crippen LogP contribution in [0.1, 0.15) is 11.5 Å². The molecule has 41 heavy (non-hydrogen) atoms. The van der Waals surface area contributed by atoms with Crippen LogP contribution in [-0.2, 0) is 4.79 Å². The molecule has 3 aromatic heterocycles. The molecule has 4 heterocycles. The van der Waals surface area contributed by atoms with Crippen LogP contribution in [0.3, 0.4) is 0 Å². The van der Waals surface area contributed by atoms with E-state index in [0.717, 1.165) is 11.5 Å². The third kappa shape index (κ3) is 6.31. The van der Waals surface area contributed by atoms with E-state index in [1.54, 1.807) is 48.8 Å². The molecule has 12 heteroatoms. The molecule has 4 aromatic rings. The number of rotatable bonds is 6. The van der Waals surface area contributed by atoms with Gasteiger partial charge in [0.1, 0.15) is 11.6 Å². The van der Waals surface area contributed by atoms with Gasteiger partial charge in [0.15, 0.2) is 5.82 Å². The highest BCUT2D eigenvalue weighted by atomic mass is 16.3. The van der Waals surface area contributed by atoms with Crippen molar-refractivity contribution in [1.29, 1.82) is 0 Å². The molecule has 0 unspecified atom stereocenters. The fraction of sp³-hybridized carbons (Fsp3) is 0.172. The number of hydrogen-bond acceptors (Lipinski definition) is 11. The first-order valence-corrected chi connectivity index (χ1v) is 12.9. The summed E-state index contributed by atoms with van der Waals surface area (Å²) in [6, 6.07) is 15.9. The summed E-state index contributed by atoms with van der Waals surface area (Å²) in [6.07, 6.45) is 4.48. The summed E-state index contributed by atoms with van der Waals surface area (Å²) in [6.45, 7) is 2.84. The molecule has 0 bridgehead atoms. The number of para-hydroxylation sites is 1. The van der Waals surface area contributed by atoms with Gasteiger partial charge in [-0.15, -0.1) is 10.2 Å². The zero-order valence-corrected chi connectivity index (χ0v) is 22.1. The number of carbonyl (C=O) groups is 1. The number of phenols is 1. The molecule has 12 nitrogen and oxygen atoms in total. The number of amides is 1. The van der Waals surface area contributed by atoms with Gasteiger partial charge in [-0.05, 0) is 42.3 Å². The number of nitrogens with two attached hydrogens (primary N) is 2. The Labute approximate surface area is 236 Å². The number of phenolic OH excluding ortho intramolecular Hbond substituents is 1. The Morgan fingerprint density at radius 3 is 2.54 bits per heavy atom. The molecule has 0 spiro atoms. The molecular weight excluding hydrogens is 520 g/mol. The van der Waals surface area contributed by atoms with Crippen molar-refractivity contribution in [1.82, 2.24) is 30.5 Å². The molecule has 6 N–H and O–H groups in total. The summed E-state index contributed by atoms with van der Waals surface area (Å²) in [4.78, 5) is 29.7. The van der Waals surface area contributed by atoms with E-state index in [1.807, 2.05) is 18.2 Å². The highest BCUT2D eigenvalue weighted by Crippen LogP contribution is 2.31. The SMILES string of the molecule is N/C=C(/C(=O)NCC#Cc1nccc(N2CCN(c3cc(-c4ccccc4O)nnc3N)CC2)n1)c1ccccn1. The van der Waals surface area contributed by atoms with Crippen molar-refractivity contribution in [3.8, 4) is 28.8 Å². The number of hydrogen-bond donors (Lipinski definition) is 4. The fourth-order valence-corrected chi connectivity index (χ4v) is 4.37. The number of nitrogens with zero attached hydrogens (tertiary/aromatic N) is 7. The van der Waals surface area contributed by atoms with Crippen LogP contribution >= 0.6 is 0 Å². The van der Waals surface area contributed by atoms with E-state index in [0.29, 0.717) is 54.8 Å². The Morgan fingerprint density at radius 2 is 1.78 bits per heavy atom. The van der Waals surface area contributed by atoms with Crippen LogP contribution in [0.5, 0.6) is 5.75 Å². The predicted octanol–water partition coefficient (Wildman–Crippen LogP) is 1.41. The first kappa shape index (κ1) is 26.9. The maximum atomic E-state index is 12.5. The van der Waals surface area contributed by atoms with Crippen molar-refractivity contribution in [2.45, 2.75) is 0 Å². The first-order valence-electron chi connectivity index (χ1n) is 12.9. The number of aromatic hydroxyl groups is 1. The summed E-state index contributed by atoms with van der Waals surface area (Å²) in [5.41, 5.74) is 14.5.